The normalized spacial score (nSPS) is 14.1. The summed E-state index contributed by atoms with van der Waals surface area (Å²) >= 11 is 0. The van der Waals surface area contributed by atoms with Crippen LogP contribution in [0.3, 0.4) is 0 Å². The molecular weight excluding hydrogens is 196 g/mol. The fourth-order valence-electron chi connectivity index (χ4n) is 1.09. The van der Waals surface area contributed by atoms with Crippen LogP contribution in [0.5, 0.6) is 0 Å². The van der Waals surface area contributed by atoms with Crippen LogP contribution in [0.15, 0.2) is 0 Å². The van der Waals surface area contributed by atoms with Crippen LogP contribution in [0.1, 0.15) is 34.1 Å². The highest BCUT2D eigenvalue weighted by Crippen LogP contribution is 2.15. The molecule has 0 saturated carbocycles. The van der Waals surface area contributed by atoms with Crippen molar-refractivity contribution in [2.24, 2.45) is 11.8 Å². The molecule has 0 N–H and O–H groups in total. The van der Waals surface area contributed by atoms with Gasteiger partial charge in [0.15, 0.2) is 0 Å². The second kappa shape index (κ2) is 7.26. The standard InChI is InChI=1S/C11H20O4/c1-8(5-6-14-10(3)12)9(2)7-15-11(4)13/h8-9H,5-7H2,1-4H3. The van der Waals surface area contributed by atoms with Crippen molar-refractivity contribution in [3.63, 3.8) is 0 Å². The lowest BCUT2D eigenvalue weighted by molar-refractivity contribution is -0.142. The van der Waals surface area contributed by atoms with Crippen molar-refractivity contribution in [1.82, 2.24) is 0 Å². The fraction of sp³-hybridized carbons (Fsp3) is 0.818. The predicted octanol–water partition coefficient (Wildman–Crippen LogP) is 1.77. The van der Waals surface area contributed by atoms with Crippen molar-refractivity contribution < 1.29 is 19.1 Å². The topological polar surface area (TPSA) is 52.6 Å². The fourth-order valence-corrected chi connectivity index (χ4v) is 1.09. The maximum Gasteiger partial charge on any atom is 0.302 e. The van der Waals surface area contributed by atoms with Gasteiger partial charge in [-0.2, -0.15) is 0 Å². The molecule has 0 aliphatic carbocycles. The summed E-state index contributed by atoms with van der Waals surface area (Å²) in [5.41, 5.74) is 0. The van der Waals surface area contributed by atoms with Gasteiger partial charge in [0.05, 0.1) is 13.2 Å². The summed E-state index contributed by atoms with van der Waals surface area (Å²) in [6, 6.07) is 0. The molecule has 2 atom stereocenters. The lowest BCUT2D eigenvalue weighted by Gasteiger charge is -2.18. The zero-order valence-corrected chi connectivity index (χ0v) is 9.91. The van der Waals surface area contributed by atoms with Crippen LogP contribution in [0.2, 0.25) is 0 Å². The molecule has 88 valence electrons. The lowest BCUT2D eigenvalue weighted by atomic mass is 9.94. The Morgan fingerprint density at radius 1 is 1.00 bits per heavy atom. The highest BCUT2D eigenvalue weighted by atomic mass is 16.5. The second-order valence-electron chi connectivity index (χ2n) is 3.89. The summed E-state index contributed by atoms with van der Waals surface area (Å²) < 4.78 is 9.75. The van der Waals surface area contributed by atoms with Gasteiger partial charge in [-0.1, -0.05) is 13.8 Å². The molecule has 2 unspecified atom stereocenters. The summed E-state index contributed by atoms with van der Waals surface area (Å²) in [4.78, 5) is 21.1. The Labute approximate surface area is 90.9 Å². The Balaban J connectivity index is 3.63. The summed E-state index contributed by atoms with van der Waals surface area (Å²) in [7, 11) is 0. The molecular formula is C11H20O4. The van der Waals surface area contributed by atoms with Crippen LogP contribution >= 0.6 is 0 Å². The van der Waals surface area contributed by atoms with Gasteiger partial charge in [-0.25, -0.2) is 0 Å². The van der Waals surface area contributed by atoms with Crippen LogP contribution in [0, 0.1) is 11.8 Å². The third-order valence-electron chi connectivity index (χ3n) is 2.40. The van der Waals surface area contributed by atoms with E-state index in [0.717, 1.165) is 6.42 Å². The number of carbonyl (C=O) groups is 2. The van der Waals surface area contributed by atoms with E-state index in [2.05, 4.69) is 6.92 Å². The summed E-state index contributed by atoms with van der Waals surface area (Å²) in [6.07, 6.45) is 0.794. The molecule has 0 heterocycles. The van der Waals surface area contributed by atoms with Crippen molar-refractivity contribution in [3.8, 4) is 0 Å². The molecule has 0 amide bonds. The van der Waals surface area contributed by atoms with Gasteiger partial charge in [0.25, 0.3) is 0 Å². The van der Waals surface area contributed by atoms with E-state index in [0.29, 0.717) is 19.1 Å². The molecule has 0 aromatic rings. The first-order valence-corrected chi connectivity index (χ1v) is 5.20. The molecule has 0 spiro atoms. The Hall–Kier alpha value is -1.06. The number of ether oxygens (including phenoxy) is 2. The molecule has 0 radical (unpaired) electrons. The zero-order valence-electron chi connectivity index (χ0n) is 9.91. The monoisotopic (exact) mass is 216 g/mol. The molecule has 0 aliphatic heterocycles. The van der Waals surface area contributed by atoms with E-state index in [1.165, 1.54) is 13.8 Å². The second-order valence-corrected chi connectivity index (χ2v) is 3.89. The molecule has 0 aliphatic rings. The van der Waals surface area contributed by atoms with Gasteiger partial charge in [0, 0.05) is 13.8 Å². The highest BCUT2D eigenvalue weighted by Gasteiger charge is 2.13. The van der Waals surface area contributed by atoms with Crippen molar-refractivity contribution in [3.05, 3.63) is 0 Å². The van der Waals surface area contributed by atoms with Crippen LogP contribution in [0.4, 0.5) is 0 Å². The predicted molar refractivity (Wildman–Crippen MR) is 56.2 cm³/mol. The Kier molecular flexibility index (Phi) is 6.75. The third-order valence-corrected chi connectivity index (χ3v) is 2.40. The van der Waals surface area contributed by atoms with E-state index in [1.807, 2.05) is 6.92 Å². The molecule has 0 saturated heterocycles. The van der Waals surface area contributed by atoms with Gasteiger partial charge < -0.3 is 9.47 Å². The minimum atomic E-state index is -0.256. The van der Waals surface area contributed by atoms with E-state index in [9.17, 15) is 9.59 Å². The number of rotatable bonds is 6. The van der Waals surface area contributed by atoms with Gasteiger partial charge in [-0.15, -0.1) is 0 Å². The van der Waals surface area contributed by atoms with Gasteiger partial charge in [0.2, 0.25) is 0 Å². The first-order chi connectivity index (χ1) is 6.93. The van der Waals surface area contributed by atoms with Crippen molar-refractivity contribution in [1.29, 1.82) is 0 Å². The quantitative estimate of drug-likeness (QED) is 0.635. The van der Waals surface area contributed by atoms with Crippen molar-refractivity contribution in [2.75, 3.05) is 13.2 Å². The Morgan fingerprint density at radius 3 is 2.00 bits per heavy atom. The van der Waals surface area contributed by atoms with E-state index < -0.39 is 0 Å². The smallest absolute Gasteiger partial charge is 0.302 e. The number of esters is 2. The molecule has 0 fully saturated rings. The van der Waals surface area contributed by atoms with Gasteiger partial charge >= 0.3 is 11.9 Å². The first-order valence-electron chi connectivity index (χ1n) is 5.20. The summed E-state index contributed by atoms with van der Waals surface area (Å²) in [6.45, 7) is 7.72. The molecule has 0 rings (SSSR count). The largest absolute Gasteiger partial charge is 0.466 e. The highest BCUT2D eigenvalue weighted by molar-refractivity contribution is 5.66. The molecule has 0 aromatic heterocycles. The number of carbonyl (C=O) groups excluding carboxylic acids is 2. The van der Waals surface area contributed by atoms with E-state index in [4.69, 9.17) is 9.47 Å². The minimum Gasteiger partial charge on any atom is -0.466 e. The Bertz CT molecular complexity index is 213. The lowest BCUT2D eigenvalue weighted by Crippen LogP contribution is -2.18. The summed E-state index contributed by atoms with van der Waals surface area (Å²) in [5, 5.41) is 0. The maximum absolute atomic E-state index is 10.6. The first kappa shape index (κ1) is 13.9. The van der Waals surface area contributed by atoms with Crippen LogP contribution in [-0.4, -0.2) is 25.2 Å². The van der Waals surface area contributed by atoms with Crippen LogP contribution < -0.4 is 0 Å². The van der Waals surface area contributed by atoms with Gasteiger partial charge in [-0.05, 0) is 18.3 Å². The van der Waals surface area contributed by atoms with Crippen molar-refractivity contribution in [2.45, 2.75) is 34.1 Å². The van der Waals surface area contributed by atoms with E-state index in [-0.39, 0.29) is 17.9 Å². The van der Waals surface area contributed by atoms with Gasteiger partial charge in [0.1, 0.15) is 0 Å². The molecule has 4 heteroatoms. The van der Waals surface area contributed by atoms with E-state index in [1.54, 1.807) is 0 Å². The Morgan fingerprint density at radius 2 is 1.53 bits per heavy atom. The zero-order chi connectivity index (χ0) is 11.8. The van der Waals surface area contributed by atoms with E-state index >= 15 is 0 Å². The molecule has 15 heavy (non-hydrogen) atoms. The minimum absolute atomic E-state index is 0.255. The SMILES string of the molecule is CC(=O)OCCC(C)C(C)COC(C)=O. The van der Waals surface area contributed by atoms with Crippen LogP contribution in [-0.2, 0) is 19.1 Å². The number of hydrogen-bond donors (Lipinski definition) is 0. The molecule has 0 bridgehead atoms. The average molecular weight is 216 g/mol. The molecule has 0 aromatic carbocycles. The maximum atomic E-state index is 10.6. The summed E-state index contributed by atoms with van der Waals surface area (Å²) in [5.74, 6) is 0.136. The van der Waals surface area contributed by atoms with Gasteiger partial charge in [-0.3, -0.25) is 9.59 Å². The third kappa shape index (κ3) is 7.97. The average Bonchev–Trinajstić information content (AvgIpc) is 2.13. The molecule has 4 nitrogen and oxygen atoms in total. The van der Waals surface area contributed by atoms with Crippen molar-refractivity contribution >= 4 is 11.9 Å². The number of hydrogen-bond acceptors (Lipinski definition) is 4. The van der Waals surface area contributed by atoms with Crippen LogP contribution in [0.25, 0.3) is 0 Å².